The maximum Gasteiger partial charge on any atom is 0.234 e. The number of hydrogen-bond acceptors (Lipinski definition) is 4. The Morgan fingerprint density at radius 2 is 1.93 bits per heavy atom. The van der Waals surface area contributed by atoms with Crippen LogP contribution in [0.2, 0.25) is 0 Å². The monoisotopic (exact) mass is 386 g/mol. The van der Waals surface area contributed by atoms with Gasteiger partial charge in [0.05, 0.1) is 11.8 Å². The summed E-state index contributed by atoms with van der Waals surface area (Å²) in [5, 5.41) is 11.5. The van der Waals surface area contributed by atoms with Crippen molar-refractivity contribution in [3.8, 4) is 6.07 Å². The first kappa shape index (κ1) is 20.6. The predicted octanol–water partition coefficient (Wildman–Crippen LogP) is 3.23. The van der Waals surface area contributed by atoms with Gasteiger partial charge >= 0.3 is 0 Å². The van der Waals surface area contributed by atoms with Crippen molar-refractivity contribution < 1.29 is 9.18 Å². The van der Waals surface area contributed by atoms with E-state index in [2.05, 4.69) is 15.1 Å². The highest BCUT2D eigenvalue weighted by Gasteiger charge is 2.24. The molecule has 1 aliphatic heterocycles. The van der Waals surface area contributed by atoms with Crippen LogP contribution >= 0.6 is 0 Å². The molecule has 1 saturated heterocycles. The van der Waals surface area contributed by atoms with Gasteiger partial charge in [-0.2, -0.15) is 5.26 Å². The van der Waals surface area contributed by atoms with Gasteiger partial charge in [0.15, 0.2) is 0 Å². The molecular formula is C22H31FN4O. The number of rotatable bonds is 6. The lowest BCUT2D eigenvalue weighted by atomic mass is 9.84. The summed E-state index contributed by atoms with van der Waals surface area (Å²) in [6, 6.07) is 7.63. The van der Waals surface area contributed by atoms with Crippen LogP contribution in [0.5, 0.6) is 0 Å². The number of anilines is 1. The van der Waals surface area contributed by atoms with Gasteiger partial charge in [0.1, 0.15) is 12.2 Å². The summed E-state index contributed by atoms with van der Waals surface area (Å²) in [7, 11) is 0. The molecule has 1 aromatic rings. The topological polar surface area (TPSA) is 59.4 Å². The number of nitrogens with zero attached hydrogens (tertiary/aromatic N) is 3. The van der Waals surface area contributed by atoms with E-state index in [9.17, 15) is 9.18 Å². The fourth-order valence-corrected chi connectivity index (χ4v) is 4.39. The van der Waals surface area contributed by atoms with Crippen LogP contribution in [-0.4, -0.2) is 49.6 Å². The van der Waals surface area contributed by atoms with E-state index in [1.165, 1.54) is 6.42 Å². The van der Waals surface area contributed by atoms with Crippen LogP contribution in [0.15, 0.2) is 18.2 Å². The third-order valence-corrected chi connectivity index (χ3v) is 6.12. The largest absolute Gasteiger partial charge is 0.367 e. The van der Waals surface area contributed by atoms with Gasteiger partial charge in [-0.15, -0.1) is 0 Å². The number of amides is 1. The number of carbonyl (C=O) groups is 1. The van der Waals surface area contributed by atoms with Gasteiger partial charge in [-0.25, -0.2) is 4.39 Å². The maximum atomic E-state index is 14.2. The standard InChI is InChI=1S/C22H31FN4O/c1-17-2-7-21(20(23)16-17)27-14-12-26(13-15-27)11-9-18-3-5-19(6-4-18)25-22(28)8-10-24/h2,7,16,18-19H,3-6,8-9,11-15H2,1H3,(H,25,28). The average Bonchev–Trinajstić information content (AvgIpc) is 2.68. The highest BCUT2D eigenvalue weighted by Crippen LogP contribution is 2.28. The van der Waals surface area contributed by atoms with Crippen molar-refractivity contribution in [2.45, 2.75) is 51.5 Å². The highest BCUT2D eigenvalue weighted by atomic mass is 19.1. The van der Waals surface area contributed by atoms with Crippen molar-refractivity contribution in [2.75, 3.05) is 37.6 Å². The molecule has 0 unspecified atom stereocenters. The molecule has 6 heteroatoms. The quantitative estimate of drug-likeness (QED) is 0.815. The van der Waals surface area contributed by atoms with Crippen molar-refractivity contribution in [3.63, 3.8) is 0 Å². The number of nitriles is 1. The molecule has 1 heterocycles. The van der Waals surface area contributed by atoms with Gasteiger partial charge in [-0.3, -0.25) is 9.69 Å². The smallest absolute Gasteiger partial charge is 0.234 e. The number of aryl methyl sites for hydroxylation is 1. The minimum absolute atomic E-state index is 0.0433. The fourth-order valence-electron chi connectivity index (χ4n) is 4.39. The molecule has 1 N–H and O–H groups in total. The molecule has 0 spiro atoms. The summed E-state index contributed by atoms with van der Waals surface area (Å²) < 4.78 is 14.2. The van der Waals surface area contributed by atoms with Gasteiger partial charge in [-0.05, 0) is 69.2 Å². The molecule has 0 aromatic heterocycles. The van der Waals surface area contributed by atoms with Gasteiger partial charge in [0.25, 0.3) is 0 Å². The van der Waals surface area contributed by atoms with Crippen molar-refractivity contribution in [1.82, 2.24) is 10.2 Å². The summed E-state index contributed by atoms with van der Waals surface area (Å²) in [5.41, 5.74) is 1.68. The lowest BCUT2D eigenvalue weighted by Gasteiger charge is -2.37. The number of nitrogens with one attached hydrogen (secondary N) is 1. The van der Waals surface area contributed by atoms with Crippen molar-refractivity contribution in [1.29, 1.82) is 5.26 Å². The summed E-state index contributed by atoms with van der Waals surface area (Å²) in [6.07, 6.45) is 5.47. The maximum absolute atomic E-state index is 14.2. The number of halogens is 1. The minimum atomic E-state index is -0.145. The summed E-state index contributed by atoms with van der Waals surface area (Å²) >= 11 is 0. The van der Waals surface area contributed by atoms with E-state index in [1.54, 1.807) is 6.07 Å². The summed E-state index contributed by atoms with van der Waals surface area (Å²) in [4.78, 5) is 16.2. The second kappa shape index (κ2) is 9.88. The van der Waals surface area contributed by atoms with E-state index in [-0.39, 0.29) is 24.2 Å². The first-order chi connectivity index (χ1) is 13.5. The Balaban J connectivity index is 1.35. The Bertz CT molecular complexity index is 701. The molecule has 28 heavy (non-hydrogen) atoms. The zero-order chi connectivity index (χ0) is 19.9. The van der Waals surface area contributed by atoms with E-state index in [1.807, 2.05) is 25.1 Å². The van der Waals surface area contributed by atoms with Gasteiger partial charge in [-0.1, -0.05) is 6.07 Å². The predicted molar refractivity (Wildman–Crippen MR) is 109 cm³/mol. The van der Waals surface area contributed by atoms with Crippen LogP contribution in [0.3, 0.4) is 0 Å². The van der Waals surface area contributed by atoms with E-state index >= 15 is 0 Å². The fraction of sp³-hybridized carbons (Fsp3) is 0.636. The van der Waals surface area contributed by atoms with E-state index in [0.29, 0.717) is 0 Å². The van der Waals surface area contributed by atoms with Crippen LogP contribution in [0.25, 0.3) is 0 Å². The number of benzene rings is 1. The Labute approximate surface area is 167 Å². The van der Waals surface area contributed by atoms with Crippen LogP contribution in [-0.2, 0) is 4.79 Å². The van der Waals surface area contributed by atoms with E-state index in [4.69, 9.17) is 5.26 Å². The first-order valence-electron chi connectivity index (χ1n) is 10.4. The molecule has 0 atom stereocenters. The second-order valence-electron chi connectivity index (χ2n) is 8.19. The van der Waals surface area contributed by atoms with Crippen LogP contribution in [0.4, 0.5) is 10.1 Å². The lowest BCUT2D eigenvalue weighted by Crippen LogP contribution is -2.47. The van der Waals surface area contributed by atoms with Crippen LogP contribution in [0.1, 0.15) is 44.1 Å². The average molecular weight is 387 g/mol. The number of carbonyl (C=O) groups excluding carboxylic acids is 1. The molecule has 1 amide bonds. The van der Waals surface area contributed by atoms with Crippen LogP contribution in [0, 0.1) is 30.0 Å². The Morgan fingerprint density at radius 1 is 1.21 bits per heavy atom. The van der Waals surface area contributed by atoms with Gasteiger partial charge < -0.3 is 10.2 Å². The third-order valence-electron chi connectivity index (χ3n) is 6.12. The molecule has 1 saturated carbocycles. The molecule has 152 valence electrons. The molecule has 5 nitrogen and oxygen atoms in total. The third kappa shape index (κ3) is 5.68. The van der Waals surface area contributed by atoms with Gasteiger partial charge in [0, 0.05) is 32.2 Å². The molecule has 3 rings (SSSR count). The summed E-state index contributed by atoms with van der Waals surface area (Å²) in [6.45, 7) is 6.72. The molecule has 1 aliphatic carbocycles. The molecule has 2 fully saturated rings. The molecule has 2 aliphatic rings. The number of hydrogen-bond donors (Lipinski definition) is 1. The Morgan fingerprint density at radius 3 is 2.57 bits per heavy atom. The Kier molecular flexibility index (Phi) is 7.27. The zero-order valence-corrected chi connectivity index (χ0v) is 16.8. The molecule has 0 radical (unpaired) electrons. The normalized spacial score (nSPS) is 23.2. The van der Waals surface area contributed by atoms with E-state index < -0.39 is 0 Å². The zero-order valence-electron chi connectivity index (χ0n) is 16.8. The molecule has 1 aromatic carbocycles. The summed E-state index contributed by atoms with van der Waals surface area (Å²) in [5.74, 6) is 0.456. The van der Waals surface area contributed by atoms with Crippen molar-refractivity contribution in [3.05, 3.63) is 29.6 Å². The minimum Gasteiger partial charge on any atom is -0.367 e. The van der Waals surface area contributed by atoms with Crippen molar-refractivity contribution >= 4 is 11.6 Å². The lowest BCUT2D eigenvalue weighted by molar-refractivity contribution is -0.121. The Hall–Kier alpha value is -2.13. The highest BCUT2D eigenvalue weighted by molar-refractivity contribution is 5.78. The molecule has 0 bridgehead atoms. The first-order valence-corrected chi connectivity index (χ1v) is 10.4. The SMILES string of the molecule is Cc1ccc(N2CCN(CCC3CCC(NC(=O)CC#N)CC3)CC2)c(F)c1. The number of piperazine rings is 1. The second-order valence-corrected chi connectivity index (χ2v) is 8.19. The van der Waals surface area contributed by atoms with Gasteiger partial charge in [0.2, 0.25) is 5.91 Å². The van der Waals surface area contributed by atoms with E-state index in [0.717, 1.165) is 75.6 Å². The van der Waals surface area contributed by atoms with Crippen LogP contribution < -0.4 is 10.2 Å². The van der Waals surface area contributed by atoms with Crippen molar-refractivity contribution in [2.24, 2.45) is 5.92 Å². The molecular weight excluding hydrogens is 355 g/mol.